The lowest BCUT2D eigenvalue weighted by Crippen LogP contribution is -2.61. The number of piperidine rings is 3. The summed E-state index contributed by atoms with van der Waals surface area (Å²) in [4.78, 5) is 2.73. The Balaban J connectivity index is 1.57. The van der Waals surface area contributed by atoms with Crippen LogP contribution in [-0.2, 0) is 4.74 Å². The molecule has 0 amide bonds. The van der Waals surface area contributed by atoms with Crippen LogP contribution in [0.25, 0.3) is 0 Å². The molecule has 1 saturated carbocycles. The monoisotopic (exact) mass is 210 g/mol. The first-order chi connectivity index (χ1) is 7.38. The Morgan fingerprint density at radius 1 is 1.13 bits per heavy atom. The molecule has 86 valence electrons. The summed E-state index contributed by atoms with van der Waals surface area (Å²) in [7, 11) is 1.88. The third kappa shape index (κ3) is 1.71. The summed E-state index contributed by atoms with van der Waals surface area (Å²) in [5.41, 5.74) is 0. The van der Waals surface area contributed by atoms with Crippen LogP contribution in [0.5, 0.6) is 0 Å². The summed E-state index contributed by atoms with van der Waals surface area (Å²) in [6.45, 7) is 5.01. The molecule has 4 rings (SSSR count). The van der Waals surface area contributed by atoms with E-state index < -0.39 is 0 Å². The number of rotatable bonds is 2. The van der Waals surface area contributed by atoms with Gasteiger partial charge >= 0.3 is 0 Å². The molecule has 0 radical (unpaired) electrons. The summed E-state index contributed by atoms with van der Waals surface area (Å²) in [5.74, 6) is 1.67. The van der Waals surface area contributed by atoms with Crippen molar-refractivity contribution in [2.45, 2.75) is 31.4 Å². The van der Waals surface area contributed by atoms with Gasteiger partial charge in [0.15, 0.2) is 0 Å². The van der Waals surface area contributed by atoms with E-state index in [4.69, 9.17) is 4.74 Å². The van der Waals surface area contributed by atoms with E-state index in [1.165, 1.54) is 45.4 Å². The zero-order valence-corrected chi connectivity index (χ0v) is 9.61. The Labute approximate surface area is 92.2 Å². The van der Waals surface area contributed by atoms with Crippen molar-refractivity contribution in [3.63, 3.8) is 0 Å². The normalized spacial score (nSPS) is 42.6. The van der Waals surface area contributed by atoms with Crippen LogP contribution in [0, 0.1) is 11.8 Å². The van der Waals surface area contributed by atoms with Crippen LogP contribution in [0.1, 0.15) is 19.3 Å². The Hall–Kier alpha value is -0.120. The molecular weight excluding hydrogens is 188 g/mol. The summed E-state index contributed by atoms with van der Waals surface area (Å²) in [5, 5.41) is 3.44. The second kappa shape index (κ2) is 4.04. The topological polar surface area (TPSA) is 24.5 Å². The van der Waals surface area contributed by atoms with E-state index in [9.17, 15) is 0 Å². The molecular formula is C12H22N2O. The van der Waals surface area contributed by atoms with Gasteiger partial charge in [0.1, 0.15) is 0 Å². The van der Waals surface area contributed by atoms with Gasteiger partial charge in [0.05, 0.1) is 6.10 Å². The zero-order valence-electron chi connectivity index (χ0n) is 9.61. The summed E-state index contributed by atoms with van der Waals surface area (Å²) < 4.78 is 5.55. The minimum atomic E-state index is 0.586. The number of ether oxygens (including phenoxy) is 1. The third-order valence-corrected chi connectivity index (χ3v) is 4.57. The highest BCUT2D eigenvalue weighted by Crippen LogP contribution is 2.42. The number of nitrogens with zero attached hydrogens (tertiary/aromatic N) is 1. The first kappa shape index (κ1) is 10.1. The van der Waals surface area contributed by atoms with Gasteiger partial charge in [-0.15, -0.1) is 0 Å². The van der Waals surface area contributed by atoms with Gasteiger partial charge in [0.25, 0.3) is 0 Å². The molecule has 3 aliphatic heterocycles. The highest BCUT2D eigenvalue weighted by Gasteiger charge is 2.48. The minimum Gasteiger partial charge on any atom is -0.381 e. The molecule has 2 atom stereocenters. The molecule has 0 aromatic heterocycles. The summed E-state index contributed by atoms with van der Waals surface area (Å²) >= 11 is 0. The first-order valence-electron chi connectivity index (χ1n) is 6.36. The van der Waals surface area contributed by atoms with E-state index in [-0.39, 0.29) is 0 Å². The minimum absolute atomic E-state index is 0.586. The number of fused-ring (bicyclic) bond motifs is 2. The predicted octanol–water partition coefficient (Wildman–Crippen LogP) is 0.705. The maximum Gasteiger partial charge on any atom is 0.0652 e. The van der Waals surface area contributed by atoms with E-state index in [0.29, 0.717) is 6.10 Å². The SMILES string of the molecule is COC1[C@H]2C[C@H]1CN(C1CCNCC1)C2. The molecule has 3 heterocycles. The fourth-order valence-corrected chi connectivity index (χ4v) is 3.73. The number of methoxy groups -OCH3 is 1. The Morgan fingerprint density at radius 3 is 2.40 bits per heavy atom. The van der Waals surface area contributed by atoms with E-state index in [1.807, 2.05) is 7.11 Å². The van der Waals surface area contributed by atoms with Gasteiger partial charge < -0.3 is 10.1 Å². The van der Waals surface area contributed by atoms with Gasteiger partial charge in [-0.25, -0.2) is 0 Å². The fraction of sp³-hybridized carbons (Fsp3) is 1.00. The molecule has 0 aromatic rings. The molecule has 3 nitrogen and oxygen atoms in total. The number of hydrogen-bond acceptors (Lipinski definition) is 3. The van der Waals surface area contributed by atoms with Crippen molar-refractivity contribution in [1.82, 2.24) is 10.2 Å². The molecule has 0 spiro atoms. The van der Waals surface area contributed by atoms with Crippen molar-refractivity contribution in [2.24, 2.45) is 11.8 Å². The highest BCUT2D eigenvalue weighted by molar-refractivity contribution is 5.00. The van der Waals surface area contributed by atoms with Crippen molar-refractivity contribution in [1.29, 1.82) is 0 Å². The largest absolute Gasteiger partial charge is 0.381 e. The van der Waals surface area contributed by atoms with Crippen LogP contribution in [0.3, 0.4) is 0 Å². The van der Waals surface area contributed by atoms with Crippen LogP contribution >= 0.6 is 0 Å². The van der Waals surface area contributed by atoms with E-state index in [0.717, 1.165) is 17.9 Å². The van der Waals surface area contributed by atoms with Crippen molar-refractivity contribution >= 4 is 0 Å². The molecule has 4 fully saturated rings. The van der Waals surface area contributed by atoms with Gasteiger partial charge in [-0.05, 0) is 44.2 Å². The van der Waals surface area contributed by atoms with Crippen LogP contribution in [-0.4, -0.2) is 50.3 Å². The van der Waals surface area contributed by atoms with Crippen LogP contribution in [0.15, 0.2) is 0 Å². The van der Waals surface area contributed by atoms with Crippen molar-refractivity contribution < 1.29 is 4.74 Å². The van der Waals surface area contributed by atoms with Gasteiger partial charge in [0, 0.05) is 26.2 Å². The third-order valence-electron chi connectivity index (χ3n) is 4.57. The second-order valence-corrected chi connectivity index (χ2v) is 5.39. The summed E-state index contributed by atoms with van der Waals surface area (Å²) in [6, 6.07) is 0.856. The second-order valence-electron chi connectivity index (χ2n) is 5.39. The molecule has 1 aliphatic carbocycles. The molecule has 3 saturated heterocycles. The molecule has 0 aromatic carbocycles. The Bertz CT molecular complexity index is 216. The lowest BCUT2D eigenvalue weighted by molar-refractivity contribution is -0.137. The van der Waals surface area contributed by atoms with Gasteiger partial charge in [-0.2, -0.15) is 0 Å². The Morgan fingerprint density at radius 2 is 1.80 bits per heavy atom. The van der Waals surface area contributed by atoms with Crippen molar-refractivity contribution in [2.75, 3.05) is 33.3 Å². The lowest BCUT2D eigenvalue weighted by atomic mass is 9.67. The first-order valence-corrected chi connectivity index (χ1v) is 6.36. The molecule has 15 heavy (non-hydrogen) atoms. The van der Waals surface area contributed by atoms with Crippen molar-refractivity contribution in [3.8, 4) is 0 Å². The Kier molecular flexibility index (Phi) is 2.71. The van der Waals surface area contributed by atoms with Crippen molar-refractivity contribution in [3.05, 3.63) is 0 Å². The van der Waals surface area contributed by atoms with Crippen LogP contribution in [0.2, 0.25) is 0 Å². The van der Waals surface area contributed by atoms with Gasteiger partial charge in [-0.1, -0.05) is 0 Å². The molecule has 0 unspecified atom stereocenters. The fourth-order valence-electron chi connectivity index (χ4n) is 3.73. The molecule has 3 heteroatoms. The molecule has 4 aliphatic rings. The van der Waals surface area contributed by atoms with Gasteiger partial charge in [-0.3, -0.25) is 4.90 Å². The highest BCUT2D eigenvalue weighted by atomic mass is 16.5. The number of hydrogen-bond donors (Lipinski definition) is 1. The average molecular weight is 210 g/mol. The quantitative estimate of drug-likeness (QED) is 0.726. The summed E-state index contributed by atoms with van der Waals surface area (Å²) in [6.07, 6.45) is 4.69. The number of nitrogens with one attached hydrogen (secondary N) is 1. The van der Waals surface area contributed by atoms with Gasteiger partial charge in [0.2, 0.25) is 0 Å². The van der Waals surface area contributed by atoms with E-state index in [1.54, 1.807) is 0 Å². The maximum absolute atomic E-state index is 5.55. The molecule has 1 N–H and O–H groups in total. The predicted molar refractivity (Wildman–Crippen MR) is 59.9 cm³/mol. The molecule has 2 bridgehead atoms. The standard InChI is InChI=1S/C12H22N2O/c1-15-12-9-6-10(12)8-14(7-9)11-2-4-13-5-3-11/h9-13H,2-8H2,1H3/t9-,10-/m0/s1. The van der Waals surface area contributed by atoms with E-state index >= 15 is 0 Å². The smallest absolute Gasteiger partial charge is 0.0652 e. The zero-order chi connectivity index (χ0) is 10.3. The van der Waals surface area contributed by atoms with Crippen LogP contribution in [0.4, 0.5) is 0 Å². The maximum atomic E-state index is 5.55. The van der Waals surface area contributed by atoms with E-state index in [2.05, 4.69) is 10.2 Å². The van der Waals surface area contributed by atoms with Crippen LogP contribution < -0.4 is 5.32 Å². The lowest BCUT2D eigenvalue weighted by Gasteiger charge is -2.55. The average Bonchev–Trinajstić information content (AvgIpc) is 2.31.